The van der Waals surface area contributed by atoms with E-state index in [4.69, 9.17) is 5.26 Å². The van der Waals surface area contributed by atoms with Crippen molar-refractivity contribution in [2.45, 2.75) is 0 Å². The number of rotatable bonds is 3. The summed E-state index contributed by atoms with van der Waals surface area (Å²) in [4.78, 5) is 14.3. The minimum atomic E-state index is -3.67. The van der Waals surface area contributed by atoms with Crippen LogP contribution < -0.4 is 0 Å². The van der Waals surface area contributed by atoms with E-state index in [0.717, 1.165) is 6.26 Å². The van der Waals surface area contributed by atoms with Gasteiger partial charge in [0.25, 0.3) is 0 Å². The van der Waals surface area contributed by atoms with Crippen LogP contribution in [0.5, 0.6) is 0 Å². The lowest BCUT2D eigenvalue weighted by atomic mass is 10.1. The summed E-state index contributed by atoms with van der Waals surface area (Å²) in [7, 11) is -2.45. The zero-order valence-corrected chi connectivity index (χ0v) is 12.2. The van der Waals surface area contributed by atoms with Gasteiger partial charge in [-0.15, -0.1) is 0 Å². The zero-order chi connectivity index (χ0) is 15.6. The Labute approximate surface area is 121 Å². The number of methoxy groups -OCH3 is 1. The molecule has 0 fully saturated rings. The number of benzene rings is 1. The molecule has 0 saturated carbocycles. The van der Waals surface area contributed by atoms with Crippen LogP contribution in [0.1, 0.15) is 16.1 Å². The highest BCUT2D eigenvalue weighted by Crippen LogP contribution is 2.26. The molecule has 0 radical (unpaired) electrons. The number of carbonyl (C=O) groups is 1. The SMILES string of the molecule is COC(=O)c1[nH]c2ccccc2c1/C=C(\C#N)S(C)(=O)=O. The van der Waals surface area contributed by atoms with Gasteiger partial charge >= 0.3 is 5.97 Å². The number of allylic oxidation sites excluding steroid dienone is 1. The molecule has 21 heavy (non-hydrogen) atoms. The molecule has 0 atom stereocenters. The normalized spacial score (nSPS) is 12.1. The van der Waals surface area contributed by atoms with Crippen LogP contribution in [0, 0.1) is 11.3 Å². The Morgan fingerprint density at radius 1 is 1.38 bits per heavy atom. The van der Waals surface area contributed by atoms with E-state index in [0.29, 0.717) is 16.5 Å². The average Bonchev–Trinajstić information content (AvgIpc) is 2.81. The van der Waals surface area contributed by atoms with Gasteiger partial charge in [0.1, 0.15) is 16.7 Å². The molecule has 108 valence electrons. The second-order valence-electron chi connectivity index (χ2n) is 4.34. The van der Waals surface area contributed by atoms with Gasteiger partial charge in [0, 0.05) is 22.7 Å². The molecule has 7 heteroatoms. The molecular weight excluding hydrogens is 292 g/mol. The van der Waals surface area contributed by atoms with Gasteiger partial charge in [0.15, 0.2) is 9.84 Å². The molecule has 2 rings (SSSR count). The third-order valence-corrected chi connectivity index (χ3v) is 3.93. The van der Waals surface area contributed by atoms with Gasteiger partial charge < -0.3 is 9.72 Å². The minimum absolute atomic E-state index is 0.107. The number of nitrogens with zero attached hydrogens (tertiary/aromatic N) is 1. The van der Waals surface area contributed by atoms with Gasteiger partial charge in [0.2, 0.25) is 0 Å². The van der Waals surface area contributed by atoms with Crippen molar-refractivity contribution in [1.29, 1.82) is 5.26 Å². The number of aromatic amines is 1. The van der Waals surface area contributed by atoms with Gasteiger partial charge in [-0.25, -0.2) is 13.2 Å². The first-order valence-corrected chi connectivity index (χ1v) is 7.78. The van der Waals surface area contributed by atoms with Crippen molar-refractivity contribution in [2.75, 3.05) is 13.4 Å². The maximum absolute atomic E-state index is 11.8. The summed E-state index contributed by atoms with van der Waals surface area (Å²) >= 11 is 0. The van der Waals surface area contributed by atoms with Crippen molar-refractivity contribution in [3.05, 3.63) is 40.4 Å². The fourth-order valence-electron chi connectivity index (χ4n) is 1.93. The Bertz CT molecular complexity index is 885. The molecule has 0 amide bonds. The largest absolute Gasteiger partial charge is 0.464 e. The number of hydrogen-bond acceptors (Lipinski definition) is 5. The van der Waals surface area contributed by atoms with Gasteiger partial charge in [-0.3, -0.25) is 0 Å². The highest BCUT2D eigenvalue weighted by molar-refractivity contribution is 7.95. The molecule has 1 aromatic carbocycles. The third-order valence-electron chi connectivity index (χ3n) is 2.92. The van der Waals surface area contributed by atoms with E-state index in [9.17, 15) is 13.2 Å². The zero-order valence-electron chi connectivity index (χ0n) is 11.4. The number of para-hydroxylation sites is 1. The van der Waals surface area contributed by atoms with Gasteiger partial charge in [-0.2, -0.15) is 5.26 Å². The number of H-pyrrole nitrogens is 1. The Morgan fingerprint density at radius 2 is 2.05 bits per heavy atom. The molecule has 1 aromatic heterocycles. The first-order chi connectivity index (χ1) is 9.88. The molecule has 0 spiro atoms. The average molecular weight is 304 g/mol. The number of nitriles is 1. The minimum Gasteiger partial charge on any atom is -0.464 e. The first kappa shape index (κ1) is 14.8. The standard InChI is InChI=1S/C14H12N2O4S/c1-20-14(17)13-11(7-9(8-15)21(2,18)19)10-5-3-4-6-12(10)16-13/h3-7,16H,1-2H3/b9-7+. The van der Waals surface area contributed by atoms with Crippen molar-refractivity contribution in [3.63, 3.8) is 0 Å². The van der Waals surface area contributed by atoms with Crippen molar-refractivity contribution >= 4 is 32.8 Å². The summed E-state index contributed by atoms with van der Waals surface area (Å²) in [6.45, 7) is 0. The third kappa shape index (κ3) is 2.80. The Hall–Kier alpha value is -2.59. The highest BCUT2D eigenvalue weighted by Gasteiger charge is 2.19. The molecule has 0 aliphatic rings. The highest BCUT2D eigenvalue weighted by atomic mass is 32.2. The number of carbonyl (C=O) groups excluding carboxylic acids is 1. The van der Waals surface area contributed by atoms with Crippen LogP contribution in [0.25, 0.3) is 17.0 Å². The Kier molecular flexibility index (Phi) is 3.82. The summed E-state index contributed by atoms with van der Waals surface area (Å²) in [5.41, 5.74) is 1.07. The van der Waals surface area contributed by atoms with Gasteiger partial charge in [-0.05, 0) is 12.1 Å². The van der Waals surface area contributed by atoms with Crippen LogP contribution in [-0.4, -0.2) is 32.7 Å². The molecule has 0 unspecified atom stereocenters. The van der Waals surface area contributed by atoms with Crippen molar-refractivity contribution in [1.82, 2.24) is 4.98 Å². The van der Waals surface area contributed by atoms with Crippen molar-refractivity contribution < 1.29 is 17.9 Å². The van der Waals surface area contributed by atoms with Crippen molar-refractivity contribution in [3.8, 4) is 6.07 Å². The van der Waals surface area contributed by atoms with E-state index in [1.165, 1.54) is 13.2 Å². The fraction of sp³-hybridized carbons (Fsp3) is 0.143. The van der Waals surface area contributed by atoms with Crippen LogP contribution in [0.2, 0.25) is 0 Å². The van der Waals surface area contributed by atoms with Crippen LogP contribution >= 0.6 is 0 Å². The summed E-state index contributed by atoms with van der Waals surface area (Å²) in [6.07, 6.45) is 2.12. The fourth-order valence-corrected chi connectivity index (χ4v) is 2.43. The molecule has 0 bridgehead atoms. The maximum atomic E-state index is 11.8. The van der Waals surface area contributed by atoms with Crippen LogP contribution in [0.4, 0.5) is 0 Å². The summed E-state index contributed by atoms with van der Waals surface area (Å²) in [5, 5.41) is 9.63. The smallest absolute Gasteiger partial charge is 0.355 e. The summed E-state index contributed by atoms with van der Waals surface area (Å²) in [6, 6.07) is 8.63. The van der Waals surface area contributed by atoms with Crippen molar-refractivity contribution in [2.24, 2.45) is 0 Å². The monoisotopic (exact) mass is 304 g/mol. The molecule has 0 saturated heterocycles. The van der Waals surface area contributed by atoms with E-state index in [2.05, 4.69) is 9.72 Å². The number of hydrogen-bond donors (Lipinski definition) is 1. The lowest BCUT2D eigenvalue weighted by Crippen LogP contribution is -2.04. The van der Waals surface area contributed by atoms with E-state index < -0.39 is 20.7 Å². The Balaban J connectivity index is 2.81. The molecule has 1 N–H and O–H groups in total. The quantitative estimate of drug-likeness (QED) is 0.689. The molecule has 6 nitrogen and oxygen atoms in total. The first-order valence-electron chi connectivity index (χ1n) is 5.89. The molecule has 0 aliphatic carbocycles. The number of esters is 1. The Morgan fingerprint density at radius 3 is 2.62 bits per heavy atom. The van der Waals surface area contributed by atoms with Gasteiger partial charge in [0.05, 0.1) is 7.11 Å². The molecule has 1 heterocycles. The van der Waals surface area contributed by atoms with Crippen LogP contribution in [0.15, 0.2) is 29.2 Å². The topological polar surface area (TPSA) is 100 Å². The lowest BCUT2D eigenvalue weighted by molar-refractivity contribution is 0.0595. The molecule has 0 aliphatic heterocycles. The predicted octanol–water partition coefficient (Wildman–Crippen LogP) is 1.86. The number of ether oxygens (including phenoxy) is 1. The van der Waals surface area contributed by atoms with E-state index in [-0.39, 0.29) is 5.69 Å². The maximum Gasteiger partial charge on any atom is 0.355 e. The molecular formula is C14H12N2O4S. The predicted molar refractivity (Wildman–Crippen MR) is 78.1 cm³/mol. The molecule has 2 aromatic rings. The second-order valence-corrected chi connectivity index (χ2v) is 6.33. The number of nitrogens with one attached hydrogen (secondary N) is 1. The number of sulfone groups is 1. The summed E-state index contributed by atoms with van der Waals surface area (Å²) < 4.78 is 27.8. The lowest BCUT2D eigenvalue weighted by Gasteiger charge is -2.00. The summed E-state index contributed by atoms with van der Waals surface area (Å²) in [5.74, 6) is -0.636. The van der Waals surface area contributed by atoms with E-state index >= 15 is 0 Å². The second kappa shape index (κ2) is 5.42. The van der Waals surface area contributed by atoms with E-state index in [1.54, 1.807) is 30.3 Å². The number of aromatic nitrogens is 1. The number of fused-ring (bicyclic) bond motifs is 1. The van der Waals surface area contributed by atoms with E-state index in [1.807, 2.05) is 0 Å². The van der Waals surface area contributed by atoms with Gasteiger partial charge in [-0.1, -0.05) is 18.2 Å². The van der Waals surface area contributed by atoms with Crippen LogP contribution in [0.3, 0.4) is 0 Å². The van der Waals surface area contributed by atoms with Crippen LogP contribution in [-0.2, 0) is 14.6 Å².